The molecule has 0 aliphatic heterocycles. The number of hydrogen-bond acceptors (Lipinski definition) is 2. The fourth-order valence-corrected chi connectivity index (χ4v) is 3.66. The first-order chi connectivity index (χ1) is 11.6. The van der Waals surface area contributed by atoms with E-state index < -0.39 is 0 Å². The zero-order valence-electron chi connectivity index (χ0n) is 13.8. The Kier molecular flexibility index (Phi) is 4.76. The molecule has 0 saturated heterocycles. The average molecular weight is 338 g/mol. The second kappa shape index (κ2) is 6.97. The lowest BCUT2D eigenvalue weighted by Gasteiger charge is -2.07. The summed E-state index contributed by atoms with van der Waals surface area (Å²) in [6.45, 7) is 8.51. The van der Waals surface area contributed by atoms with Gasteiger partial charge in [0.05, 0.1) is 11.4 Å². The largest absolute Gasteiger partial charge is 0.313 e. The van der Waals surface area contributed by atoms with Crippen LogP contribution in [0.15, 0.2) is 65.5 Å². The molecule has 0 spiro atoms. The summed E-state index contributed by atoms with van der Waals surface area (Å²) in [5, 5.41) is 1.95. The molecule has 0 fully saturated rings. The van der Waals surface area contributed by atoms with Crippen molar-refractivity contribution in [2.75, 3.05) is 0 Å². The number of aromatic nitrogens is 1. The van der Waals surface area contributed by atoms with E-state index in [-0.39, 0.29) is 5.82 Å². The molecular weight excluding hydrogens is 319 g/mol. The van der Waals surface area contributed by atoms with Gasteiger partial charge >= 0.3 is 0 Å². The summed E-state index contributed by atoms with van der Waals surface area (Å²) in [6.07, 6.45) is 1.80. The van der Waals surface area contributed by atoms with Crippen LogP contribution in [0.4, 0.5) is 10.1 Å². The van der Waals surface area contributed by atoms with Crippen LogP contribution in [0.1, 0.15) is 11.1 Å². The van der Waals surface area contributed by atoms with Gasteiger partial charge in [-0.15, -0.1) is 17.9 Å². The lowest BCUT2D eigenvalue weighted by molar-refractivity contribution is 0.628. The lowest BCUT2D eigenvalue weighted by atomic mass is 10.1. The molecule has 2 nitrogen and oxygen atoms in total. The zero-order chi connectivity index (χ0) is 17.1. The van der Waals surface area contributed by atoms with E-state index >= 15 is 0 Å². The number of benzene rings is 2. The Balaban J connectivity index is 2.18. The van der Waals surface area contributed by atoms with Crippen LogP contribution in [0.5, 0.6) is 0 Å². The third kappa shape index (κ3) is 3.39. The number of hydrogen-bond donors (Lipinski definition) is 0. The molecule has 1 aromatic heterocycles. The smallest absolute Gasteiger partial charge is 0.190 e. The van der Waals surface area contributed by atoms with Crippen molar-refractivity contribution in [1.29, 1.82) is 0 Å². The highest BCUT2D eigenvalue weighted by Gasteiger charge is 2.11. The topological polar surface area (TPSA) is 17.3 Å². The molecule has 122 valence electrons. The van der Waals surface area contributed by atoms with Crippen LogP contribution in [0.3, 0.4) is 0 Å². The Hall–Kier alpha value is -2.46. The van der Waals surface area contributed by atoms with E-state index in [9.17, 15) is 4.39 Å². The predicted octanol–water partition coefficient (Wildman–Crippen LogP) is 5.39. The molecule has 2 aromatic carbocycles. The number of thiazole rings is 1. The van der Waals surface area contributed by atoms with Crippen LogP contribution in [-0.4, -0.2) is 4.57 Å². The van der Waals surface area contributed by atoms with Gasteiger partial charge in [-0.1, -0.05) is 24.3 Å². The molecule has 0 saturated carbocycles. The van der Waals surface area contributed by atoms with Gasteiger partial charge in [0.2, 0.25) is 0 Å². The highest BCUT2D eigenvalue weighted by atomic mass is 32.1. The Bertz CT molecular complexity index is 930. The zero-order valence-corrected chi connectivity index (χ0v) is 14.6. The Labute approximate surface area is 145 Å². The predicted molar refractivity (Wildman–Crippen MR) is 99.0 cm³/mol. The first kappa shape index (κ1) is 16.4. The van der Waals surface area contributed by atoms with E-state index in [1.807, 2.05) is 28.1 Å². The molecule has 0 aliphatic carbocycles. The molecule has 0 bridgehead atoms. The highest BCUT2D eigenvalue weighted by molar-refractivity contribution is 7.07. The van der Waals surface area contributed by atoms with Crippen molar-refractivity contribution < 1.29 is 4.39 Å². The first-order valence-corrected chi connectivity index (χ1v) is 8.63. The molecule has 1 heterocycles. The summed E-state index contributed by atoms with van der Waals surface area (Å²) < 4.78 is 16.2. The molecule has 0 atom stereocenters. The number of rotatable bonds is 4. The third-order valence-corrected chi connectivity index (χ3v) is 4.55. The number of allylic oxidation sites excluding steroid dienone is 1. The molecule has 4 heteroatoms. The maximum atomic E-state index is 14.2. The second-order valence-electron chi connectivity index (χ2n) is 5.74. The van der Waals surface area contributed by atoms with E-state index in [0.29, 0.717) is 12.1 Å². The van der Waals surface area contributed by atoms with Gasteiger partial charge in [-0.25, -0.2) is 9.38 Å². The van der Waals surface area contributed by atoms with Crippen molar-refractivity contribution in [1.82, 2.24) is 4.57 Å². The van der Waals surface area contributed by atoms with Crippen molar-refractivity contribution in [3.05, 3.63) is 82.2 Å². The molecule has 0 amide bonds. The number of nitrogens with zero attached hydrogens (tertiary/aromatic N) is 2. The van der Waals surface area contributed by atoms with Crippen LogP contribution >= 0.6 is 11.3 Å². The number of aryl methyl sites for hydroxylation is 2. The molecule has 0 radical (unpaired) electrons. The maximum Gasteiger partial charge on any atom is 0.190 e. The standard InChI is InChI=1S/C20H19FN2S/c1-4-9-23-19(17-7-5-6-8-18(17)21)13-24-20(23)22-16-11-14(2)10-15(3)12-16/h4-8,10-13H,1,9H2,2-3H3. The van der Waals surface area contributed by atoms with Gasteiger partial charge in [0.25, 0.3) is 0 Å². The molecular formula is C20H19FN2S. The summed E-state index contributed by atoms with van der Waals surface area (Å²) in [7, 11) is 0. The summed E-state index contributed by atoms with van der Waals surface area (Å²) in [4.78, 5) is 5.60. The molecule has 0 unspecified atom stereocenters. The Morgan fingerprint density at radius 2 is 1.88 bits per heavy atom. The SMILES string of the molecule is C=CCn1c(-c2ccccc2F)csc1=Nc1cc(C)cc(C)c1. The summed E-state index contributed by atoms with van der Waals surface area (Å²) in [5.41, 5.74) is 4.66. The van der Waals surface area contributed by atoms with E-state index in [1.54, 1.807) is 18.2 Å². The van der Waals surface area contributed by atoms with Gasteiger partial charge in [0, 0.05) is 17.5 Å². The fourth-order valence-electron chi connectivity index (χ4n) is 2.73. The van der Waals surface area contributed by atoms with E-state index in [0.717, 1.165) is 16.2 Å². The number of halogens is 1. The quantitative estimate of drug-likeness (QED) is 0.567. The van der Waals surface area contributed by atoms with Gasteiger partial charge in [0.15, 0.2) is 4.80 Å². The average Bonchev–Trinajstić information content (AvgIpc) is 2.90. The monoisotopic (exact) mass is 338 g/mol. The molecule has 0 aliphatic rings. The summed E-state index contributed by atoms with van der Waals surface area (Å²) in [6, 6.07) is 13.0. The van der Waals surface area contributed by atoms with Gasteiger partial charge in [0.1, 0.15) is 5.82 Å². The van der Waals surface area contributed by atoms with Gasteiger partial charge in [-0.3, -0.25) is 0 Å². The third-order valence-electron chi connectivity index (χ3n) is 3.69. The Morgan fingerprint density at radius 1 is 1.17 bits per heavy atom. The molecule has 3 aromatic rings. The van der Waals surface area contributed by atoms with E-state index in [1.165, 1.54) is 28.5 Å². The first-order valence-electron chi connectivity index (χ1n) is 7.75. The highest BCUT2D eigenvalue weighted by Crippen LogP contribution is 2.24. The summed E-state index contributed by atoms with van der Waals surface area (Å²) >= 11 is 1.51. The molecule has 24 heavy (non-hydrogen) atoms. The Morgan fingerprint density at radius 3 is 2.54 bits per heavy atom. The van der Waals surface area contributed by atoms with Gasteiger partial charge < -0.3 is 4.57 Å². The minimum Gasteiger partial charge on any atom is -0.313 e. The molecule has 3 rings (SSSR count). The van der Waals surface area contributed by atoms with Crippen LogP contribution < -0.4 is 4.80 Å². The van der Waals surface area contributed by atoms with Crippen LogP contribution in [0, 0.1) is 19.7 Å². The summed E-state index contributed by atoms with van der Waals surface area (Å²) in [5.74, 6) is -0.230. The van der Waals surface area contributed by atoms with Gasteiger partial charge in [-0.05, 0) is 49.2 Å². The van der Waals surface area contributed by atoms with Crippen LogP contribution in [-0.2, 0) is 6.54 Å². The van der Waals surface area contributed by atoms with Crippen molar-refractivity contribution in [2.24, 2.45) is 4.99 Å². The minimum absolute atomic E-state index is 0.230. The minimum atomic E-state index is -0.230. The van der Waals surface area contributed by atoms with Crippen molar-refractivity contribution in [2.45, 2.75) is 20.4 Å². The van der Waals surface area contributed by atoms with Crippen LogP contribution in [0.25, 0.3) is 11.3 Å². The van der Waals surface area contributed by atoms with Crippen molar-refractivity contribution >= 4 is 17.0 Å². The normalized spacial score (nSPS) is 11.7. The second-order valence-corrected chi connectivity index (χ2v) is 6.58. The lowest BCUT2D eigenvalue weighted by Crippen LogP contribution is -2.15. The van der Waals surface area contributed by atoms with Crippen molar-refractivity contribution in [3.8, 4) is 11.3 Å². The van der Waals surface area contributed by atoms with E-state index in [2.05, 4.69) is 26.5 Å². The van der Waals surface area contributed by atoms with E-state index in [4.69, 9.17) is 4.99 Å². The maximum absolute atomic E-state index is 14.2. The van der Waals surface area contributed by atoms with Crippen molar-refractivity contribution in [3.63, 3.8) is 0 Å². The molecule has 0 N–H and O–H groups in total. The van der Waals surface area contributed by atoms with Crippen LogP contribution in [0.2, 0.25) is 0 Å². The fraction of sp³-hybridized carbons (Fsp3) is 0.150. The van der Waals surface area contributed by atoms with Gasteiger partial charge in [-0.2, -0.15) is 0 Å².